The average Bonchev–Trinajstić information content (AvgIpc) is 2.72. The fraction of sp³-hybridized carbons (Fsp3) is 0.440. The number of benzene rings is 2. The zero-order valence-corrected chi connectivity index (χ0v) is 19.3. The highest BCUT2D eigenvalue weighted by molar-refractivity contribution is 5.84. The van der Waals surface area contributed by atoms with Gasteiger partial charge in [0.05, 0.1) is 13.3 Å². The zero-order chi connectivity index (χ0) is 22.6. The highest BCUT2D eigenvalue weighted by Crippen LogP contribution is 2.44. The van der Waals surface area contributed by atoms with Crippen molar-refractivity contribution in [3.8, 4) is 11.5 Å². The van der Waals surface area contributed by atoms with Gasteiger partial charge in [0.1, 0.15) is 11.5 Å². The van der Waals surface area contributed by atoms with Crippen LogP contribution >= 0.6 is 0 Å². The number of hydrazone groups is 1. The quantitative estimate of drug-likeness (QED) is 0.517. The van der Waals surface area contributed by atoms with Gasteiger partial charge in [-0.15, -0.1) is 0 Å². The molecule has 2 aromatic rings. The van der Waals surface area contributed by atoms with E-state index in [0.29, 0.717) is 17.7 Å². The number of nitrogens with zero attached hydrogens (tertiary/aromatic N) is 2. The molecule has 1 aliphatic rings. The van der Waals surface area contributed by atoms with E-state index in [-0.39, 0.29) is 18.1 Å². The predicted octanol–water partition coefficient (Wildman–Crippen LogP) is 4.72. The molecule has 2 aromatic carbocycles. The van der Waals surface area contributed by atoms with E-state index in [0.717, 1.165) is 17.7 Å². The molecule has 0 aromatic heterocycles. The van der Waals surface area contributed by atoms with Crippen molar-refractivity contribution in [3.05, 3.63) is 53.6 Å². The van der Waals surface area contributed by atoms with Gasteiger partial charge in [0.15, 0.2) is 6.61 Å². The molecule has 1 atom stereocenters. The Balaban J connectivity index is 1.61. The molecule has 1 amide bonds. The highest BCUT2D eigenvalue weighted by Gasteiger charge is 2.37. The van der Waals surface area contributed by atoms with Crippen LogP contribution in [0.3, 0.4) is 0 Å². The van der Waals surface area contributed by atoms with Crippen LogP contribution in [0.25, 0.3) is 0 Å². The first kappa shape index (κ1) is 22.7. The van der Waals surface area contributed by atoms with Crippen molar-refractivity contribution in [1.82, 2.24) is 5.43 Å². The van der Waals surface area contributed by atoms with E-state index in [1.807, 2.05) is 6.07 Å². The Bertz CT molecular complexity index is 936. The summed E-state index contributed by atoms with van der Waals surface area (Å²) in [6.07, 6.45) is 2.77. The summed E-state index contributed by atoms with van der Waals surface area (Å²) in [5.41, 5.74) is 6.22. The van der Waals surface area contributed by atoms with E-state index in [4.69, 9.17) is 9.47 Å². The van der Waals surface area contributed by atoms with Crippen LogP contribution in [-0.2, 0) is 4.79 Å². The first-order valence-corrected chi connectivity index (χ1v) is 10.7. The molecule has 6 nitrogen and oxygen atoms in total. The molecule has 1 N–H and O–H groups in total. The van der Waals surface area contributed by atoms with Gasteiger partial charge in [0.2, 0.25) is 0 Å². The number of methoxy groups -OCH3 is 1. The minimum atomic E-state index is -0.314. The maximum Gasteiger partial charge on any atom is 0.277 e. The molecule has 1 heterocycles. The van der Waals surface area contributed by atoms with Crippen LogP contribution in [0.2, 0.25) is 0 Å². The van der Waals surface area contributed by atoms with Gasteiger partial charge in [-0.05, 0) is 87.6 Å². The summed E-state index contributed by atoms with van der Waals surface area (Å²) >= 11 is 0. The second-order valence-corrected chi connectivity index (χ2v) is 8.96. The summed E-state index contributed by atoms with van der Waals surface area (Å²) in [5, 5.41) is 4.10. The van der Waals surface area contributed by atoms with Crippen molar-refractivity contribution in [3.63, 3.8) is 0 Å². The molecule has 0 unspecified atom stereocenters. The lowest BCUT2D eigenvalue weighted by molar-refractivity contribution is -0.123. The molecule has 0 saturated heterocycles. The van der Waals surface area contributed by atoms with Gasteiger partial charge in [-0.1, -0.05) is 13.0 Å². The smallest absolute Gasteiger partial charge is 0.277 e. The van der Waals surface area contributed by atoms with Crippen LogP contribution in [0.1, 0.15) is 58.1 Å². The van der Waals surface area contributed by atoms with Crippen molar-refractivity contribution in [2.24, 2.45) is 5.10 Å². The molecule has 0 spiro atoms. The molecule has 0 saturated carbocycles. The number of rotatable bonds is 7. The summed E-state index contributed by atoms with van der Waals surface area (Å²) < 4.78 is 10.6. The van der Waals surface area contributed by atoms with Crippen LogP contribution in [0.15, 0.2) is 47.6 Å². The van der Waals surface area contributed by atoms with Gasteiger partial charge in [0.25, 0.3) is 5.91 Å². The molecule has 0 aliphatic carbocycles. The summed E-state index contributed by atoms with van der Waals surface area (Å²) in [4.78, 5) is 14.5. The fourth-order valence-corrected chi connectivity index (χ4v) is 4.56. The molecule has 31 heavy (non-hydrogen) atoms. The number of anilines is 1. The Morgan fingerprint density at radius 1 is 1.23 bits per heavy atom. The Labute approximate surface area is 185 Å². The van der Waals surface area contributed by atoms with E-state index in [9.17, 15) is 4.79 Å². The van der Waals surface area contributed by atoms with Crippen LogP contribution in [0.4, 0.5) is 5.69 Å². The number of hydrogen-bond acceptors (Lipinski definition) is 5. The molecular weight excluding hydrogens is 390 g/mol. The third-order valence-electron chi connectivity index (χ3n) is 5.65. The number of fused-ring (bicyclic) bond motifs is 1. The van der Waals surface area contributed by atoms with Gasteiger partial charge in [-0.2, -0.15) is 5.10 Å². The Morgan fingerprint density at radius 2 is 1.90 bits per heavy atom. The minimum Gasteiger partial charge on any atom is -0.497 e. The van der Waals surface area contributed by atoms with Gasteiger partial charge >= 0.3 is 0 Å². The van der Waals surface area contributed by atoms with E-state index in [1.54, 1.807) is 37.6 Å². The summed E-state index contributed by atoms with van der Waals surface area (Å²) in [6, 6.07) is 13.9. The Hall–Kier alpha value is -3.02. The predicted molar refractivity (Wildman–Crippen MR) is 125 cm³/mol. The molecule has 0 bridgehead atoms. The molecule has 166 valence electrons. The van der Waals surface area contributed by atoms with Gasteiger partial charge in [0, 0.05) is 17.3 Å². The number of ether oxygens (including phenoxy) is 2. The topological polar surface area (TPSA) is 63.2 Å². The van der Waals surface area contributed by atoms with Crippen molar-refractivity contribution in [2.45, 2.75) is 58.5 Å². The summed E-state index contributed by atoms with van der Waals surface area (Å²) in [6.45, 7) is 11.3. The first-order chi connectivity index (χ1) is 14.7. The van der Waals surface area contributed by atoms with E-state index >= 15 is 0 Å². The lowest BCUT2D eigenvalue weighted by atomic mass is 9.79. The van der Waals surface area contributed by atoms with Gasteiger partial charge in [-0.25, -0.2) is 5.43 Å². The van der Waals surface area contributed by atoms with E-state index in [2.05, 4.69) is 62.2 Å². The zero-order valence-electron chi connectivity index (χ0n) is 19.3. The molecular formula is C25H33N3O3. The lowest BCUT2D eigenvalue weighted by Crippen LogP contribution is -2.51. The molecule has 3 rings (SSSR count). The SMILES string of the molecule is COc1ccc(OCC(=O)N/N=C/c2ccc3c(c2)[C@@H](C)CC(C)(C)N3C(C)C)cc1. The number of hydrogen-bond donors (Lipinski definition) is 1. The third kappa shape index (κ3) is 5.37. The Morgan fingerprint density at radius 3 is 2.55 bits per heavy atom. The first-order valence-electron chi connectivity index (χ1n) is 10.7. The minimum absolute atomic E-state index is 0.108. The molecule has 1 aliphatic heterocycles. The molecule has 0 fully saturated rings. The second kappa shape index (κ2) is 9.41. The van der Waals surface area contributed by atoms with Crippen LogP contribution in [-0.4, -0.2) is 37.4 Å². The number of carbonyl (C=O) groups excluding carboxylic acids is 1. The van der Waals surface area contributed by atoms with Crippen molar-refractivity contribution in [1.29, 1.82) is 0 Å². The van der Waals surface area contributed by atoms with E-state index < -0.39 is 0 Å². The lowest BCUT2D eigenvalue weighted by Gasteiger charge is -2.50. The van der Waals surface area contributed by atoms with Crippen molar-refractivity contribution >= 4 is 17.8 Å². The Kier molecular flexibility index (Phi) is 6.88. The monoisotopic (exact) mass is 423 g/mol. The number of nitrogens with one attached hydrogen (secondary N) is 1. The second-order valence-electron chi connectivity index (χ2n) is 8.96. The fourth-order valence-electron chi connectivity index (χ4n) is 4.56. The van der Waals surface area contributed by atoms with E-state index in [1.165, 1.54) is 11.3 Å². The summed E-state index contributed by atoms with van der Waals surface area (Å²) in [7, 11) is 1.60. The van der Waals surface area contributed by atoms with Crippen molar-refractivity contribution in [2.75, 3.05) is 18.6 Å². The average molecular weight is 424 g/mol. The number of carbonyl (C=O) groups is 1. The van der Waals surface area contributed by atoms with Crippen LogP contribution in [0.5, 0.6) is 11.5 Å². The van der Waals surface area contributed by atoms with Crippen LogP contribution < -0.4 is 19.8 Å². The normalized spacial score (nSPS) is 17.5. The third-order valence-corrected chi connectivity index (χ3v) is 5.65. The maximum absolute atomic E-state index is 12.0. The van der Waals surface area contributed by atoms with Gasteiger partial charge < -0.3 is 14.4 Å². The number of amides is 1. The van der Waals surface area contributed by atoms with Crippen LogP contribution in [0, 0.1) is 0 Å². The standard InChI is InChI=1S/C25H33N3O3/c1-17(2)28-23-12-7-19(13-22(23)18(3)14-25(28,4)5)15-26-27-24(29)16-31-21-10-8-20(30-6)9-11-21/h7-13,15,17-18H,14,16H2,1-6H3,(H,27,29)/b26-15+/t18-/m0/s1. The summed E-state index contributed by atoms with van der Waals surface area (Å²) in [5.74, 6) is 1.48. The highest BCUT2D eigenvalue weighted by atomic mass is 16.5. The maximum atomic E-state index is 12.0. The van der Waals surface area contributed by atoms with Crippen molar-refractivity contribution < 1.29 is 14.3 Å². The van der Waals surface area contributed by atoms with Gasteiger partial charge in [-0.3, -0.25) is 4.79 Å². The largest absolute Gasteiger partial charge is 0.497 e. The molecule has 0 radical (unpaired) electrons. The molecule has 6 heteroatoms.